The molecule has 0 aromatic heterocycles. The third kappa shape index (κ3) is 3.98. The molecule has 1 aromatic carbocycles. The van der Waals surface area contributed by atoms with Crippen molar-refractivity contribution in [3.8, 4) is 24.7 Å². The molecule has 0 radical (unpaired) electrons. The highest BCUT2D eigenvalue weighted by Gasteiger charge is 2.11. The summed E-state index contributed by atoms with van der Waals surface area (Å²) in [6, 6.07) is 7.70. The van der Waals surface area contributed by atoms with Crippen molar-refractivity contribution in [2.75, 3.05) is 13.2 Å². The van der Waals surface area contributed by atoms with Gasteiger partial charge in [0.1, 0.15) is 19.0 Å². The Morgan fingerprint density at radius 1 is 1.21 bits per heavy atom. The van der Waals surface area contributed by atoms with E-state index in [9.17, 15) is 0 Å². The smallest absolute Gasteiger partial charge is 0.165 e. The summed E-state index contributed by atoms with van der Waals surface area (Å²) in [6.07, 6.45) is 12.2. The molecule has 0 unspecified atom stereocenters. The number of terminal acetylenes is 2. The number of ether oxygens (including phenoxy) is 2. The van der Waals surface area contributed by atoms with Gasteiger partial charge in [0.2, 0.25) is 0 Å². The lowest BCUT2D eigenvalue weighted by atomic mass is 10.1. The van der Waals surface area contributed by atoms with E-state index in [4.69, 9.17) is 22.3 Å². The fraction of sp³-hybridized carbons (Fsp3) is 0.176. The number of hydrogen-bond donors (Lipinski definition) is 0. The lowest BCUT2D eigenvalue weighted by Gasteiger charge is -2.14. The number of benzene rings is 1. The van der Waals surface area contributed by atoms with E-state index >= 15 is 0 Å². The van der Waals surface area contributed by atoms with Gasteiger partial charge in [-0.1, -0.05) is 48.8 Å². The fourth-order valence-corrected chi connectivity index (χ4v) is 1.58. The average Bonchev–Trinajstić information content (AvgIpc) is 2.45. The molecular weight excluding hydrogens is 236 g/mol. The monoisotopic (exact) mass is 252 g/mol. The third-order valence-electron chi connectivity index (χ3n) is 2.42. The Labute approximate surface area is 114 Å². The zero-order chi connectivity index (χ0) is 14.1. The molecule has 1 rings (SSSR count). The summed E-state index contributed by atoms with van der Waals surface area (Å²) < 4.78 is 11.0. The van der Waals surface area contributed by atoms with Crippen LogP contribution in [0.4, 0.5) is 0 Å². The van der Waals surface area contributed by atoms with Crippen LogP contribution in [0.5, 0.6) is 0 Å². The van der Waals surface area contributed by atoms with E-state index in [-0.39, 0.29) is 13.2 Å². The summed E-state index contributed by atoms with van der Waals surface area (Å²) in [5.41, 5.74) is 1.82. The van der Waals surface area contributed by atoms with E-state index in [1.165, 1.54) is 0 Å². The van der Waals surface area contributed by atoms with Crippen LogP contribution in [-0.2, 0) is 9.47 Å². The van der Waals surface area contributed by atoms with E-state index in [1.54, 1.807) is 13.0 Å². The van der Waals surface area contributed by atoms with Crippen molar-refractivity contribution in [3.63, 3.8) is 0 Å². The van der Waals surface area contributed by atoms with E-state index < -0.39 is 0 Å². The van der Waals surface area contributed by atoms with Crippen molar-refractivity contribution >= 4 is 11.8 Å². The van der Waals surface area contributed by atoms with Crippen LogP contribution in [0.1, 0.15) is 18.1 Å². The largest absolute Gasteiger partial charge is 0.482 e. The average molecular weight is 252 g/mol. The molecule has 0 aliphatic heterocycles. The molecule has 19 heavy (non-hydrogen) atoms. The van der Waals surface area contributed by atoms with Gasteiger partial charge in [-0.3, -0.25) is 0 Å². The van der Waals surface area contributed by atoms with Crippen molar-refractivity contribution in [1.29, 1.82) is 0 Å². The summed E-state index contributed by atoms with van der Waals surface area (Å²) in [6.45, 7) is 5.93. The Kier molecular flexibility index (Phi) is 5.86. The van der Waals surface area contributed by atoms with Gasteiger partial charge >= 0.3 is 0 Å². The first-order valence-corrected chi connectivity index (χ1v) is 5.79. The van der Waals surface area contributed by atoms with Crippen LogP contribution in [0.2, 0.25) is 0 Å². The highest BCUT2D eigenvalue weighted by atomic mass is 16.5. The SMILES string of the molecule is C#CCO/C(C)=C(\OCC#C)c1ccccc1C=C. The first-order chi connectivity index (χ1) is 9.24. The molecule has 0 amide bonds. The summed E-state index contributed by atoms with van der Waals surface area (Å²) >= 11 is 0. The molecule has 0 N–H and O–H groups in total. The van der Waals surface area contributed by atoms with Crippen molar-refractivity contribution in [3.05, 3.63) is 47.7 Å². The molecule has 0 saturated heterocycles. The molecule has 1 aromatic rings. The highest BCUT2D eigenvalue weighted by Crippen LogP contribution is 2.25. The quantitative estimate of drug-likeness (QED) is 0.571. The Hall–Kier alpha value is -2.58. The molecule has 0 aliphatic carbocycles. The van der Waals surface area contributed by atoms with Crippen LogP contribution in [0.25, 0.3) is 11.8 Å². The molecule has 2 heteroatoms. The molecule has 0 saturated carbocycles. The van der Waals surface area contributed by atoms with Gasteiger partial charge in [0.15, 0.2) is 5.76 Å². The Balaban J connectivity index is 3.20. The predicted octanol–water partition coefficient (Wildman–Crippen LogP) is 3.32. The zero-order valence-corrected chi connectivity index (χ0v) is 11.0. The van der Waals surface area contributed by atoms with Crippen LogP contribution in [0.3, 0.4) is 0 Å². The minimum Gasteiger partial charge on any atom is -0.482 e. The van der Waals surface area contributed by atoms with Gasteiger partial charge in [-0.25, -0.2) is 0 Å². The minimum atomic E-state index is 0.164. The maximum atomic E-state index is 5.58. The minimum absolute atomic E-state index is 0.164. The molecule has 0 spiro atoms. The first kappa shape index (κ1) is 14.5. The molecule has 0 aliphatic rings. The first-order valence-electron chi connectivity index (χ1n) is 5.79. The van der Waals surface area contributed by atoms with Gasteiger partial charge in [0.25, 0.3) is 0 Å². The normalized spacial score (nSPS) is 10.7. The lowest BCUT2D eigenvalue weighted by Crippen LogP contribution is -2.01. The summed E-state index contributed by atoms with van der Waals surface area (Å²) in [7, 11) is 0. The van der Waals surface area contributed by atoms with Crippen molar-refractivity contribution < 1.29 is 9.47 Å². The van der Waals surface area contributed by atoms with Crippen molar-refractivity contribution in [2.45, 2.75) is 6.92 Å². The standard InChI is InChI=1S/C17H16O2/c1-5-12-18-14(4)17(19-13-6-2)16-11-9-8-10-15(16)7-3/h1-2,7-11H,3,12-13H2,4H3/b17-14-. The molecule has 0 heterocycles. The van der Waals surface area contributed by atoms with Gasteiger partial charge in [0.05, 0.1) is 0 Å². The van der Waals surface area contributed by atoms with Crippen molar-refractivity contribution in [1.82, 2.24) is 0 Å². The maximum Gasteiger partial charge on any atom is 0.165 e. The second-order valence-corrected chi connectivity index (χ2v) is 3.66. The van der Waals surface area contributed by atoms with Gasteiger partial charge in [-0.15, -0.1) is 12.8 Å². The topological polar surface area (TPSA) is 18.5 Å². The lowest BCUT2D eigenvalue weighted by molar-refractivity contribution is 0.231. The van der Waals surface area contributed by atoms with Gasteiger partial charge < -0.3 is 9.47 Å². The molecule has 0 atom stereocenters. The third-order valence-corrected chi connectivity index (χ3v) is 2.42. The second-order valence-electron chi connectivity index (χ2n) is 3.66. The van der Waals surface area contributed by atoms with E-state index in [0.717, 1.165) is 11.1 Å². The van der Waals surface area contributed by atoms with Crippen LogP contribution < -0.4 is 0 Å². The van der Waals surface area contributed by atoms with Gasteiger partial charge in [-0.2, -0.15) is 0 Å². The Morgan fingerprint density at radius 2 is 1.84 bits per heavy atom. The number of rotatable bonds is 6. The van der Waals surface area contributed by atoms with Crippen LogP contribution in [0, 0.1) is 24.7 Å². The maximum absolute atomic E-state index is 5.58. The van der Waals surface area contributed by atoms with E-state index in [0.29, 0.717) is 11.5 Å². The second kappa shape index (κ2) is 7.69. The molecular formula is C17H16O2. The Morgan fingerprint density at radius 3 is 2.47 bits per heavy atom. The molecule has 0 fully saturated rings. The van der Waals surface area contributed by atoms with Crippen LogP contribution in [0.15, 0.2) is 36.6 Å². The highest BCUT2D eigenvalue weighted by molar-refractivity contribution is 5.71. The summed E-state index contributed by atoms with van der Waals surface area (Å²) in [5.74, 6) is 6.04. The van der Waals surface area contributed by atoms with Crippen molar-refractivity contribution in [2.24, 2.45) is 0 Å². The van der Waals surface area contributed by atoms with E-state index in [1.807, 2.05) is 24.3 Å². The van der Waals surface area contributed by atoms with E-state index in [2.05, 4.69) is 18.4 Å². The number of allylic oxidation sites excluding steroid dienone is 1. The molecule has 0 bridgehead atoms. The number of hydrogen-bond acceptors (Lipinski definition) is 2. The fourth-order valence-electron chi connectivity index (χ4n) is 1.58. The van der Waals surface area contributed by atoms with Crippen LogP contribution >= 0.6 is 0 Å². The van der Waals surface area contributed by atoms with Gasteiger partial charge in [0, 0.05) is 5.56 Å². The molecule has 2 nitrogen and oxygen atoms in total. The summed E-state index contributed by atoms with van der Waals surface area (Å²) in [4.78, 5) is 0. The Bertz CT molecular complexity index is 553. The predicted molar refractivity (Wildman–Crippen MR) is 78.7 cm³/mol. The molecule has 96 valence electrons. The summed E-state index contributed by atoms with van der Waals surface area (Å²) in [5, 5.41) is 0. The van der Waals surface area contributed by atoms with Crippen LogP contribution in [-0.4, -0.2) is 13.2 Å². The van der Waals surface area contributed by atoms with Gasteiger partial charge in [-0.05, 0) is 12.5 Å². The zero-order valence-electron chi connectivity index (χ0n) is 11.0.